The number of nitrogens with zero attached hydrogens (tertiary/aromatic N) is 1. The van der Waals surface area contributed by atoms with Gasteiger partial charge in [0.25, 0.3) is 0 Å². The minimum absolute atomic E-state index is 0.0459. The van der Waals surface area contributed by atoms with E-state index in [2.05, 4.69) is 36.4 Å². The van der Waals surface area contributed by atoms with E-state index in [1.165, 1.54) is 0 Å². The third kappa shape index (κ3) is 6.22. The predicted molar refractivity (Wildman–Crippen MR) is 96.5 cm³/mol. The molecule has 0 bridgehead atoms. The summed E-state index contributed by atoms with van der Waals surface area (Å²) in [6, 6.07) is 8.63. The highest BCUT2D eigenvalue weighted by atomic mass is 32.2. The highest BCUT2D eigenvalue weighted by Crippen LogP contribution is 2.12. The zero-order chi connectivity index (χ0) is 17.5. The predicted octanol–water partition coefficient (Wildman–Crippen LogP) is 2.45. The van der Waals surface area contributed by atoms with Crippen LogP contribution >= 0.6 is 0 Å². The Kier molecular flexibility index (Phi) is 7.55. The number of benzene rings is 1. The van der Waals surface area contributed by atoms with Gasteiger partial charge in [-0.2, -0.15) is 0 Å². The number of hydrogen-bond acceptors (Lipinski definition) is 3. The fraction of sp³-hybridized carbons (Fsp3) is 0.588. The highest BCUT2D eigenvalue weighted by molar-refractivity contribution is 7.91. The maximum absolute atomic E-state index is 12.5. The van der Waals surface area contributed by atoms with Crippen LogP contribution in [0.5, 0.6) is 0 Å². The Hall–Kier alpha value is -1.56. The Balaban J connectivity index is 2.77. The van der Waals surface area contributed by atoms with Gasteiger partial charge in [0.15, 0.2) is 15.8 Å². The largest absolute Gasteiger partial charge is 0.354 e. The lowest BCUT2D eigenvalue weighted by atomic mass is 10.1. The van der Waals surface area contributed by atoms with Crippen molar-refractivity contribution in [2.45, 2.75) is 51.1 Å². The SMILES string of the molecule is CCC(CS(=O)(=O)c1ccccc1)NC(=NC)NC(C)C(C)C. The first-order valence-corrected chi connectivity index (χ1v) is 9.73. The summed E-state index contributed by atoms with van der Waals surface area (Å²) >= 11 is 0. The van der Waals surface area contributed by atoms with Gasteiger partial charge in [0, 0.05) is 19.1 Å². The maximum atomic E-state index is 12.5. The van der Waals surface area contributed by atoms with Gasteiger partial charge in [0.2, 0.25) is 0 Å². The number of hydrogen-bond donors (Lipinski definition) is 2. The lowest BCUT2D eigenvalue weighted by molar-refractivity contribution is 0.475. The molecule has 0 heterocycles. The van der Waals surface area contributed by atoms with Crippen LogP contribution in [0, 0.1) is 5.92 Å². The smallest absolute Gasteiger partial charge is 0.191 e. The summed E-state index contributed by atoms with van der Waals surface area (Å²) < 4.78 is 25.0. The van der Waals surface area contributed by atoms with Crippen LogP contribution in [0.3, 0.4) is 0 Å². The first-order valence-electron chi connectivity index (χ1n) is 8.07. The zero-order valence-corrected chi connectivity index (χ0v) is 15.5. The van der Waals surface area contributed by atoms with Crippen molar-refractivity contribution in [3.63, 3.8) is 0 Å². The Labute approximate surface area is 140 Å². The molecular formula is C17H29N3O2S. The van der Waals surface area contributed by atoms with E-state index in [0.717, 1.165) is 0 Å². The van der Waals surface area contributed by atoms with E-state index in [4.69, 9.17) is 0 Å². The van der Waals surface area contributed by atoms with Crippen molar-refractivity contribution in [3.8, 4) is 0 Å². The second-order valence-electron chi connectivity index (χ2n) is 6.09. The molecule has 1 rings (SSSR count). The molecule has 1 aromatic carbocycles. The molecule has 2 N–H and O–H groups in total. The Morgan fingerprint density at radius 1 is 1.13 bits per heavy atom. The van der Waals surface area contributed by atoms with Crippen molar-refractivity contribution < 1.29 is 8.42 Å². The van der Waals surface area contributed by atoms with Crippen molar-refractivity contribution >= 4 is 15.8 Å². The van der Waals surface area contributed by atoms with Crippen molar-refractivity contribution in [1.29, 1.82) is 0 Å². The van der Waals surface area contributed by atoms with Crippen LogP contribution in [0.2, 0.25) is 0 Å². The van der Waals surface area contributed by atoms with Crippen LogP contribution in [-0.2, 0) is 9.84 Å². The monoisotopic (exact) mass is 339 g/mol. The minimum atomic E-state index is -3.32. The molecule has 1 aromatic rings. The maximum Gasteiger partial charge on any atom is 0.191 e. The van der Waals surface area contributed by atoms with E-state index in [9.17, 15) is 8.42 Å². The molecule has 0 amide bonds. The Bertz CT molecular complexity index is 598. The zero-order valence-electron chi connectivity index (χ0n) is 14.7. The van der Waals surface area contributed by atoms with E-state index < -0.39 is 9.84 Å². The van der Waals surface area contributed by atoms with Crippen LogP contribution < -0.4 is 10.6 Å². The highest BCUT2D eigenvalue weighted by Gasteiger charge is 2.21. The lowest BCUT2D eigenvalue weighted by Crippen LogP contribution is -2.49. The van der Waals surface area contributed by atoms with E-state index >= 15 is 0 Å². The van der Waals surface area contributed by atoms with Crippen LogP contribution in [-0.4, -0.2) is 39.3 Å². The van der Waals surface area contributed by atoms with E-state index in [0.29, 0.717) is 23.2 Å². The first-order chi connectivity index (χ1) is 10.8. The molecule has 130 valence electrons. The molecule has 0 aliphatic heterocycles. The quantitative estimate of drug-likeness (QED) is 0.591. The third-order valence-corrected chi connectivity index (χ3v) is 5.78. The average Bonchev–Trinajstić information content (AvgIpc) is 2.53. The summed E-state index contributed by atoms with van der Waals surface area (Å²) in [7, 11) is -1.62. The van der Waals surface area contributed by atoms with Crippen LogP contribution in [0.25, 0.3) is 0 Å². The molecule has 2 atom stereocenters. The standard InChI is InChI=1S/C17H29N3O2S/c1-6-15(20-17(18-5)19-14(4)13(2)3)12-23(21,22)16-10-8-7-9-11-16/h7-11,13-15H,6,12H2,1-5H3,(H2,18,19,20). The molecule has 6 heteroatoms. The number of guanidine groups is 1. The van der Waals surface area contributed by atoms with Gasteiger partial charge >= 0.3 is 0 Å². The molecule has 2 unspecified atom stereocenters. The van der Waals surface area contributed by atoms with Crippen molar-refractivity contribution in [1.82, 2.24) is 10.6 Å². The van der Waals surface area contributed by atoms with E-state index in [1.54, 1.807) is 31.3 Å². The number of sulfone groups is 1. The van der Waals surface area contributed by atoms with Crippen molar-refractivity contribution in [2.75, 3.05) is 12.8 Å². The van der Waals surface area contributed by atoms with Gasteiger partial charge in [-0.3, -0.25) is 4.99 Å². The normalized spacial score (nSPS) is 15.3. The molecule has 5 nitrogen and oxygen atoms in total. The van der Waals surface area contributed by atoms with Gasteiger partial charge in [-0.25, -0.2) is 8.42 Å². The summed E-state index contributed by atoms with van der Waals surface area (Å²) in [5.41, 5.74) is 0. The van der Waals surface area contributed by atoms with Gasteiger partial charge in [-0.15, -0.1) is 0 Å². The van der Waals surface area contributed by atoms with Crippen molar-refractivity contribution in [2.24, 2.45) is 10.9 Å². The van der Waals surface area contributed by atoms with Gasteiger partial charge in [0.1, 0.15) is 0 Å². The number of aliphatic imine (C=N–C) groups is 1. The van der Waals surface area contributed by atoms with Crippen LogP contribution in [0.4, 0.5) is 0 Å². The van der Waals surface area contributed by atoms with Gasteiger partial charge in [-0.05, 0) is 31.4 Å². The summed E-state index contributed by atoms with van der Waals surface area (Å²) in [6.07, 6.45) is 0.697. The molecule has 0 aromatic heterocycles. The fourth-order valence-electron chi connectivity index (χ4n) is 2.00. The molecule has 0 aliphatic carbocycles. The molecule has 0 aliphatic rings. The van der Waals surface area contributed by atoms with Gasteiger partial charge in [-0.1, -0.05) is 39.0 Å². The summed E-state index contributed by atoms with van der Waals surface area (Å²) in [4.78, 5) is 4.56. The third-order valence-electron chi connectivity index (χ3n) is 3.94. The van der Waals surface area contributed by atoms with Gasteiger partial charge < -0.3 is 10.6 Å². The fourth-order valence-corrected chi connectivity index (χ4v) is 3.61. The summed E-state index contributed by atoms with van der Waals surface area (Å²) in [6.45, 7) is 8.31. The van der Waals surface area contributed by atoms with Gasteiger partial charge in [0.05, 0.1) is 10.6 Å². The summed E-state index contributed by atoms with van der Waals surface area (Å²) in [5, 5.41) is 6.53. The van der Waals surface area contributed by atoms with Crippen LogP contribution in [0.15, 0.2) is 40.2 Å². The second-order valence-corrected chi connectivity index (χ2v) is 8.13. The first kappa shape index (κ1) is 19.5. The molecule has 0 spiro atoms. The van der Waals surface area contributed by atoms with Crippen LogP contribution in [0.1, 0.15) is 34.1 Å². The molecule has 0 saturated carbocycles. The Morgan fingerprint density at radius 3 is 2.22 bits per heavy atom. The number of rotatable bonds is 7. The molecule has 0 radical (unpaired) electrons. The average molecular weight is 340 g/mol. The van der Waals surface area contributed by atoms with E-state index in [1.807, 2.05) is 13.0 Å². The Morgan fingerprint density at radius 2 is 1.74 bits per heavy atom. The molecule has 0 fully saturated rings. The second kappa shape index (κ2) is 8.91. The topological polar surface area (TPSA) is 70.6 Å². The van der Waals surface area contributed by atoms with E-state index in [-0.39, 0.29) is 17.8 Å². The van der Waals surface area contributed by atoms with Crippen molar-refractivity contribution in [3.05, 3.63) is 30.3 Å². The lowest BCUT2D eigenvalue weighted by Gasteiger charge is -2.24. The molecular weight excluding hydrogens is 310 g/mol. The summed E-state index contributed by atoms with van der Waals surface area (Å²) in [5.74, 6) is 1.15. The molecule has 0 saturated heterocycles. The molecule has 23 heavy (non-hydrogen) atoms. The minimum Gasteiger partial charge on any atom is -0.354 e. The number of nitrogens with one attached hydrogen (secondary N) is 2.